The third kappa shape index (κ3) is 4.38. The summed E-state index contributed by atoms with van der Waals surface area (Å²) in [7, 11) is 1.62. The maximum Gasteiger partial charge on any atom is 0.345 e. The van der Waals surface area contributed by atoms with E-state index < -0.39 is 5.97 Å². The van der Waals surface area contributed by atoms with Gasteiger partial charge in [-0.2, -0.15) is 4.98 Å². The molecule has 0 radical (unpaired) electrons. The number of carbonyl (C=O) groups excluding carboxylic acids is 1. The third-order valence-electron chi connectivity index (χ3n) is 3.23. The Balaban J connectivity index is 2.25. The number of benzene rings is 1. The van der Waals surface area contributed by atoms with Crippen LogP contribution in [0.1, 0.15) is 28.5 Å². The van der Waals surface area contributed by atoms with Crippen molar-refractivity contribution in [2.24, 2.45) is 0 Å². The van der Waals surface area contributed by atoms with Crippen LogP contribution in [-0.4, -0.2) is 35.9 Å². The van der Waals surface area contributed by atoms with Crippen LogP contribution in [-0.2, 0) is 11.3 Å². The lowest BCUT2D eigenvalue weighted by Crippen LogP contribution is -2.13. The van der Waals surface area contributed by atoms with Gasteiger partial charge < -0.3 is 14.2 Å². The summed E-state index contributed by atoms with van der Waals surface area (Å²) >= 11 is 1.39. The van der Waals surface area contributed by atoms with Crippen molar-refractivity contribution in [3.05, 3.63) is 41.1 Å². The molecule has 0 fully saturated rings. The van der Waals surface area contributed by atoms with Crippen molar-refractivity contribution >= 4 is 17.7 Å². The molecule has 0 spiro atoms. The zero-order valence-electron chi connectivity index (χ0n) is 14.2. The normalized spacial score (nSPS) is 10.3. The molecule has 0 atom stereocenters. The van der Waals surface area contributed by atoms with Crippen LogP contribution in [0.4, 0.5) is 0 Å². The number of carbonyl (C=O) groups is 1. The molecule has 1 aromatic heterocycles. The van der Waals surface area contributed by atoms with E-state index in [0.717, 1.165) is 11.3 Å². The molecule has 0 aliphatic rings. The predicted molar refractivity (Wildman–Crippen MR) is 91.8 cm³/mol. The standard InChI is InChI=1S/C17H20N2O4S/c1-5-22-16(20)14-11(2)18-17(24-4)19-15(14)23-10-12-6-8-13(21-3)9-7-12/h6-9H,5,10H2,1-4H3. The number of rotatable bonds is 7. The number of esters is 1. The van der Waals surface area contributed by atoms with Crippen molar-refractivity contribution in [3.8, 4) is 11.6 Å². The maximum absolute atomic E-state index is 12.2. The second kappa shape index (κ2) is 8.54. The van der Waals surface area contributed by atoms with Crippen LogP contribution in [0.3, 0.4) is 0 Å². The lowest BCUT2D eigenvalue weighted by molar-refractivity contribution is 0.0518. The van der Waals surface area contributed by atoms with Crippen molar-refractivity contribution in [2.45, 2.75) is 25.6 Å². The lowest BCUT2D eigenvalue weighted by Gasteiger charge is -2.13. The van der Waals surface area contributed by atoms with Gasteiger partial charge in [-0.1, -0.05) is 23.9 Å². The van der Waals surface area contributed by atoms with Gasteiger partial charge in [0.05, 0.1) is 19.4 Å². The van der Waals surface area contributed by atoms with Gasteiger partial charge >= 0.3 is 5.97 Å². The summed E-state index contributed by atoms with van der Waals surface area (Å²) in [5, 5.41) is 0.547. The minimum Gasteiger partial charge on any atom is -0.497 e. The molecule has 1 heterocycles. The molecule has 1 aromatic carbocycles. The molecule has 7 heteroatoms. The Morgan fingerprint density at radius 3 is 2.50 bits per heavy atom. The highest BCUT2D eigenvalue weighted by Crippen LogP contribution is 2.24. The van der Waals surface area contributed by atoms with Gasteiger partial charge in [-0.25, -0.2) is 9.78 Å². The molecule has 0 bridgehead atoms. The number of hydrogen-bond acceptors (Lipinski definition) is 7. The fourth-order valence-corrected chi connectivity index (χ4v) is 2.43. The van der Waals surface area contributed by atoms with Crippen molar-refractivity contribution in [1.82, 2.24) is 9.97 Å². The van der Waals surface area contributed by atoms with Gasteiger partial charge in [0.25, 0.3) is 0 Å². The first-order valence-corrected chi connectivity index (χ1v) is 8.67. The van der Waals surface area contributed by atoms with Gasteiger partial charge in [0.1, 0.15) is 17.9 Å². The average Bonchev–Trinajstić information content (AvgIpc) is 2.59. The van der Waals surface area contributed by atoms with E-state index in [1.165, 1.54) is 11.8 Å². The van der Waals surface area contributed by atoms with Gasteiger partial charge in [0.15, 0.2) is 5.16 Å². The number of thioether (sulfide) groups is 1. The van der Waals surface area contributed by atoms with Crippen LogP contribution in [0.25, 0.3) is 0 Å². The van der Waals surface area contributed by atoms with Gasteiger partial charge in [-0.05, 0) is 37.8 Å². The fourth-order valence-electron chi connectivity index (χ4n) is 2.03. The van der Waals surface area contributed by atoms with E-state index in [2.05, 4.69) is 9.97 Å². The molecule has 0 aliphatic heterocycles. The molecule has 0 unspecified atom stereocenters. The minimum absolute atomic E-state index is 0.237. The van der Waals surface area contributed by atoms with Gasteiger partial charge in [0.2, 0.25) is 5.88 Å². The number of nitrogens with zero attached hydrogens (tertiary/aromatic N) is 2. The van der Waals surface area contributed by atoms with Crippen LogP contribution in [0, 0.1) is 6.92 Å². The van der Waals surface area contributed by atoms with Crippen LogP contribution in [0.2, 0.25) is 0 Å². The first-order valence-electron chi connectivity index (χ1n) is 7.44. The Hall–Kier alpha value is -2.28. The van der Waals surface area contributed by atoms with E-state index in [0.29, 0.717) is 10.9 Å². The first kappa shape index (κ1) is 18.1. The fraction of sp³-hybridized carbons (Fsp3) is 0.353. The Bertz CT molecular complexity index is 704. The van der Waals surface area contributed by atoms with Crippen LogP contribution in [0.5, 0.6) is 11.6 Å². The average molecular weight is 348 g/mol. The third-order valence-corrected chi connectivity index (χ3v) is 3.78. The summed E-state index contributed by atoms with van der Waals surface area (Å²) in [5.74, 6) is 0.530. The molecule has 24 heavy (non-hydrogen) atoms. The largest absolute Gasteiger partial charge is 0.497 e. The Labute approximate surface area is 145 Å². The van der Waals surface area contributed by atoms with Crippen molar-refractivity contribution in [2.75, 3.05) is 20.0 Å². The molecular formula is C17H20N2O4S. The molecule has 0 saturated heterocycles. The molecule has 6 nitrogen and oxygen atoms in total. The van der Waals surface area contributed by atoms with E-state index in [-0.39, 0.29) is 24.7 Å². The molecule has 0 aliphatic carbocycles. The second-order valence-electron chi connectivity index (χ2n) is 4.83. The molecule has 2 rings (SSSR count). The monoisotopic (exact) mass is 348 g/mol. The zero-order chi connectivity index (χ0) is 17.5. The maximum atomic E-state index is 12.2. The SMILES string of the molecule is CCOC(=O)c1c(C)nc(SC)nc1OCc1ccc(OC)cc1. The van der Waals surface area contributed by atoms with Crippen LogP contribution < -0.4 is 9.47 Å². The highest BCUT2D eigenvalue weighted by atomic mass is 32.2. The lowest BCUT2D eigenvalue weighted by atomic mass is 10.2. The summed E-state index contributed by atoms with van der Waals surface area (Å²) in [4.78, 5) is 20.8. The molecular weight excluding hydrogens is 328 g/mol. The van der Waals surface area contributed by atoms with E-state index in [9.17, 15) is 4.79 Å². The predicted octanol–water partition coefficient (Wildman–Crippen LogP) is 3.27. The number of methoxy groups -OCH3 is 1. The summed E-state index contributed by atoms with van der Waals surface area (Å²) in [6.45, 7) is 4.05. The molecule has 0 N–H and O–H groups in total. The number of hydrogen-bond donors (Lipinski definition) is 0. The smallest absolute Gasteiger partial charge is 0.345 e. The van der Waals surface area contributed by atoms with Gasteiger partial charge in [-0.15, -0.1) is 0 Å². The van der Waals surface area contributed by atoms with Crippen molar-refractivity contribution in [1.29, 1.82) is 0 Å². The van der Waals surface area contributed by atoms with E-state index in [1.807, 2.05) is 30.5 Å². The summed E-state index contributed by atoms with van der Waals surface area (Å²) in [6.07, 6.45) is 1.87. The highest BCUT2D eigenvalue weighted by molar-refractivity contribution is 7.98. The summed E-state index contributed by atoms with van der Waals surface area (Å²) in [5.41, 5.74) is 1.74. The van der Waals surface area contributed by atoms with Gasteiger partial charge in [-0.3, -0.25) is 0 Å². The van der Waals surface area contributed by atoms with Crippen LogP contribution >= 0.6 is 11.8 Å². The molecule has 0 saturated carbocycles. The number of ether oxygens (including phenoxy) is 3. The Kier molecular flexibility index (Phi) is 6.43. The minimum atomic E-state index is -0.479. The highest BCUT2D eigenvalue weighted by Gasteiger charge is 2.21. The molecule has 0 amide bonds. The van der Waals surface area contributed by atoms with E-state index >= 15 is 0 Å². The Morgan fingerprint density at radius 1 is 1.21 bits per heavy atom. The van der Waals surface area contributed by atoms with Crippen molar-refractivity contribution < 1.29 is 19.0 Å². The summed E-state index contributed by atoms with van der Waals surface area (Å²) < 4.78 is 16.0. The number of aromatic nitrogens is 2. The molecule has 128 valence electrons. The van der Waals surface area contributed by atoms with Crippen molar-refractivity contribution in [3.63, 3.8) is 0 Å². The summed E-state index contributed by atoms with van der Waals surface area (Å²) in [6, 6.07) is 7.49. The van der Waals surface area contributed by atoms with Gasteiger partial charge in [0, 0.05) is 0 Å². The molecule has 2 aromatic rings. The quantitative estimate of drug-likeness (QED) is 0.432. The van der Waals surface area contributed by atoms with E-state index in [4.69, 9.17) is 14.2 Å². The number of aryl methyl sites for hydroxylation is 1. The zero-order valence-corrected chi connectivity index (χ0v) is 15.0. The second-order valence-corrected chi connectivity index (χ2v) is 5.61. The Morgan fingerprint density at radius 2 is 1.92 bits per heavy atom. The van der Waals surface area contributed by atoms with Crippen LogP contribution in [0.15, 0.2) is 29.4 Å². The first-order chi connectivity index (χ1) is 11.6. The topological polar surface area (TPSA) is 70.5 Å². The van der Waals surface area contributed by atoms with E-state index in [1.54, 1.807) is 21.0 Å².